The number of carbonyl (C=O) groups is 1. The maximum absolute atomic E-state index is 12.0. The van der Waals surface area contributed by atoms with Crippen molar-refractivity contribution < 1.29 is 4.79 Å². The SMILES string of the molecule is CCn1ncc2ccc(NC(=O)c3cc(C)[nH]n3)cc21. The van der Waals surface area contributed by atoms with Crippen molar-refractivity contribution in [3.8, 4) is 0 Å². The first-order chi connectivity index (χ1) is 9.67. The lowest BCUT2D eigenvalue weighted by molar-refractivity contribution is 0.102. The van der Waals surface area contributed by atoms with E-state index >= 15 is 0 Å². The van der Waals surface area contributed by atoms with E-state index in [1.165, 1.54) is 0 Å². The smallest absolute Gasteiger partial charge is 0.276 e. The van der Waals surface area contributed by atoms with Crippen LogP contribution in [-0.2, 0) is 6.54 Å². The summed E-state index contributed by atoms with van der Waals surface area (Å²) in [4.78, 5) is 12.0. The van der Waals surface area contributed by atoms with Crippen molar-refractivity contribution in [3.05, 3.63) is 41.9 Å². The highest BCUT2D eigenvalue weighted by atomic mass is 16.1. The molecule has 1 amide bonds. The van der Waals surface area contributed by atoms with Crippen LogP contribution in [0.2, 0.25) is 0 Å². The molecule has 20 heavy (non-hydrogen) atoms. The summed E-state index contributed by atoms with van der Waals surface area (Å²) in [6.07, 6.45) is 1.82. The molecule has 0 saturated heterocycles. The normalized spacial score (nSPS) is 10.9. The fourth-order valence-corrected chi connectivity index (χ4v) is 2.13. The van der Waals surface area contributed by atoms with Gasteiger partial charge in [-0.3, -0.25) is 14.6 Å². The molecule has 3 aromatic rings. The molecule has 6 nitrogen and oxygen atoms in total. The maximum atomic E-state index is 12.0. The third-order valence-corrected chi connectivity index (χ3v) is 3.14. The van der Waals surface area contributed by atoms with Crippen molar-refractivity contribution in [1.29, 1.82) is 0 Å². The number of aryl methyl sites for hydroxylation is 2. The van der Waals surface area contributed by atoms with Crippen molar-refractivity contribution in [2.24, 2.45) is 0 Å². The van der Waals surface area contributed by atoms with Gasteiger partial charge in [0.2, 0.25) is 0 Å². The Morgan fingerprint density at radius 3 is 2.95 bits per heavy atom. The fourth-order valence-electron chi connectivity index (χ4n) is 2.13. The van der Waals surface area contributed by atoms with Crippen LogP contribution in [0.15, 0.2) is 30.5 Å². The summed E-state index contributed by atoms with van der Waals surface area (Å²) in [6.45, 7) is 4.68. The second-order valence-corrected chi connectivity index (χ2v) is 4.62. The average molecular weight is 269 g/mol. The van der Waals surface area contributed by atoms with E-state index in [4.69, 9.17) is 0 Å². The van der Waals surface area contributed by atoms with E-state index in [1.807, 2.05) is 42.9 Å². The van der Waals surface area contributed by atoms with Gasteiger partial charge < -0.3 is 5.32 Å². The molecule has 1 aromatic carbocycles. The highest BCUT2D eigenvalue weighted by Gasteiger charge is 2.10. The van der Waals surface area contributed by atoms with Gasteiger partial charge in [-0.15, -0.1) is 0 Å². The second kappa shape index (κ2) is 4.80. The fraction of sp³-hybridized carbons (Fsp3) is 0.214. The molecule has 2 aromatic heterocycles. The third kappa shape index (κ3) is 2.16. The molecule has 0 aliphatic heterocycles. The lowest BCUT2D eigenvalue weighted by Gasteiger charge is -2.04. The van der Waals surface area contributed by atoms with Gasteiger partial charge in [0.15, 0.2) is 5.69 Å². The number of carbonyl (C=O) groups excluding carboxylic acids is 1. The van der Waals surface area contributed by atoms with Crippen LogP contribution in [0.1, 0.15) is 23.1 Å². The minimum atomic E-state index is -0.226. The molecule has 0 aliphatic carbocycles. The van der Waals surface area contributed by atoms with Crippen LogP contribution in [-0.4, -0.2) is 25.9 Å². The number of fused-ring (bicyclic) bond motifs is 1. The molecular weight excluding hydrogens is 254 g/mol. The highest BCUT2D eigenvalue weighted by Crippen LogP contribution is 2.19. The van der Waals surface area contributed by atoms with Crippen LogP contribution in [0.3, 0.4) is 0 Å². The number of anilines is 1. The number of aromatic amines is 1. The molecule has 102 valence electrons. The largest absolute Gasteiger partial charge is 0.321 e. The number of nitrogens with one attached hydrogen (secondary N) is 2. The number of nitrogens with zero attached hydrogens (tertiary/aromatic N) is 3. The van der Waals surface area contributed by atoms with Crippen molar-refractivity contribution in [1.82, 2.24) is 20.0 Å². The Morgan fingerprint density at radius 2 is 2.25 bits per heavy atom. The van der Waals surface area contributed by atoms with E-state index in [0.717, 1.165) is 28.8 Å². The molecule has 2 heterocycles. The molecule has 3 rings (SSSR count). The monoisotopic (exact) mass is 269 g/mol. The highest BCUT2D eigenvalue weighted by molar-refractivity contribution is 6.03. The molecule has 0 unspecified atom stereocenters. The van der Waals surface area contributed by atoms with Gasteiger partial charge in [-0.1, -0.05) is 0 Å². The third-order valence-electron chi connectivity index (χ3n) is 3.14. The van der Waals surface area contributed by atoms with Crippen LogP contribution in [0, 0.1) is 6.92 Å². The molecule has 0 bridgehead atoms. The number of H-pyrrole nitrogens is 1. The Balaban J connectivity index is 1.88. The van der Waals surface area contributed by atoms with Crippen molar-refractivity contribution in [3.63, 3.8) is 0 Å². The summed E-state index contributed by atoms with van der Waals surface area (Å²) >= 11 is 0. The quantitative estimate of drug-likeness (QED) is 0.766. The van der Waals surface area contributed by atoms with Crippen molar-refractivity contribution >= 4 is 22.5 Å². The molecule has 0 spiro atoms. The van der Waals surface area contributed by atoms with Gasteiger partial charge in [0.25, 0.3) is 5.91 Å². The molecule has 2 N–H and O–H groups in total. The predicted molar refractivity (Wildman–Crippen MR) is 76.7 cm³/mol. The summed E-state index contributed by atoms with van der Waals surface area (Å²) in [5.41, 5.74) is 2.98. The topological polar surface area (TPSA) is 75.6 Å². The van der Waals surface area contributed by atoms with E-state index < -0.39 is 0 Å². The summed E-state index contributed by atoms with van der Waals surface area (Å²) < 4.78 is 1.89. The van der Waals surface area contributed by atoms with Gasteiger partial charge in [-0.2, -0.15) is 10.2 Å². The van der Waals surface area contributed by atoms with Gasteiger partial charge in [-0.05, 0) is 38.1 Å². The standard InChI is InChI=1S/C14H15N5O/c1-3-19-13-7-11(5-4-10(13)8-15-19)16-14(20)12-6-9(2)17-18-12/h4-8H,3H2,1-2H3,(H,16,20)(H,17,18). The molecule has 0 saturated carbocycles. The van der Waals surface area contributed by atoms with Gasteiger partial charge >= 0.3 is 0 Å². The van der Waals surface area contributed by atoms with Crippen molar-refractivity contribution in [2.45, 2.75) is 20.4 Å². The Labute approximate surface area is 115 Å². The van der Waals surface area contributed by atoms with E-state index in [1.54, 1.807) is 6.07 Å². The molecule has 6 heteroatoms. The molecule has 0 atom stereocenters. The van der Waals surface area contributed by atoms with Crippen LogP contribution in [0.4, 0.5) is 5.69 Å². The molecular formula is C14H15N5O. The zero-order valence-electron chi connectivity index (χ0n) is 11.3. The first-order valence-electron chi connectivity index (χ1n) is 6.46. The lowest BCUT2D eigenvalue weighted by atomic mass is 10.2. The lowest BCUT2D eigenvalue weighted by Crippen LogP contribution is -2.12. The Bertz CT molecular complexity index is 771. The number of aromatic nitrogens is 4. The van der Waals surface area contributed by atoms with Crippen LogP contribution in [0.25, 0.3) is 10.9 Å². The molecule has 0 aliphatic rings. The Morgan fingerprint density at radius 1 is 1.40 bits per heavy atom. The summed E-state index contributed by atoms with van der Waals surface area (Å²) in [5, 5.41) is 14.9. The number of rotatable bonds is 3. The van der Waals surface area contributed by atoms with Crippen LogP contribution < -0.4 is 5.32 Å². The van der Waals surface area contributed by atoms with Crippen LogP contribution >= 0.6 is 0 Å². The van der Waals surface area contributed by atoms with Gasteiger partial charge in [0.05, 0.1) is 11.7 Å². The van der Waals surface area contributed by atoms with Crippen molar-refractivity contribution in [2.75, 3.05) is 5.32 Å². The maximum Gasteiger partial charge on any atom is 0.276 e. The molecule has 0 fully saturated rings. The minimum absolute atomic E-state index is 0.226. The summed E-state index contributed by atoms with van der Waals surface area (Å²) in [7, 11) is 0. The zero-order valence-corrected chi connectivity index (χ0v) is 11.3. The Kier molecular flexibility index (Phi) is 2.98. The number of hydrogen-bond donors (Lipinski definition) is 2. The van der Waals surface area contributed by atoms with E-state index in [-0.39, 0.29) is 5.91 Å². The Hall–Kier alpha value is -2.63. The van der Waals surface area contributed by atoms with Gasteiger partial charge in [0.1, 0.15) is 0 Å². The first kappa shape index (κ1) is 12.4. The summed E-state index contributed by atoms with van der Waals surface area (Å²) in [6, 6.07) is 7.44. The van der Waals surface area contributed by atoms with E-state index in [0.29, 0.717) is 5.69 Å². The number of amides is 1. The minimum Gasteiger partial charge on any atom is -0.321 e. The predicted octanol–water partition coefficient (Wildman–Crippen LogP) is 2.34. The summed E-state index contributed by atoms with van der Waals surface area (Å²) in [5.74, 6) is -0.226. The molecule has 0 radical (unpaired) electrons. The van der Waals surface area contributed by atoms with E-state index in [9.17, 15) is 4.79 Å². The van der Waals surface area contributed by atoms with Crippen LogP contribution in [0.5, 0.6) is 0 Å². The zero-order chi connectivity index (χ0) is 14.1. The second-order valence-electron chi connectivity index (χ2n) is 4.62. The van der Waals surface area contributed by atoms with E-state index in [2.05, 4.69) is 20.6 Å². The van der Waals surface area contributed by atoms with Gasteiger partial charge in [0, 0.05) is 23.3 Å². The number of benzene rings is 1. The average Bonchev–Trinajstić information content (AvgIpc) is 3.04. The number of hydrogen-bond acceptors (Lipinski definition) is 3. The van der Waals surface area contributed by atoms with Gasteiger partial charge in [-0.25, -0.2) is 0 Å². The first-order valence-corrected chi connectivity index (χ1v) is 6.46.